The van der Waals surface area contributed by atoms with Crippen LogP contribution < -0.4 is 5.73 Å². The quantitative estimate of drug-likeness (QED) is 0.511. The molecule has 0 bridgehead atoms. The minimum atomic E-state index is -0.857. The SMILES string of the molecule is CCCCOCCOC1CCC(N)(C(=O)OCC)C1. The van der Waals surface area contributed by atoms with Gasteiger partial charge in [-0.25, -0.2) is 0 Å². The Hall–Kier alpha value is -0.650. The summed E-state index contributed by atoms with van der Waals surface area (Å²) in [5.41, 5.74) is 5.21. The zero-order chi connectivity index (χ0) is 14.1. The Morgan fingerprint density at radius 1 is 1.32 bits per heavy atom. The highest BCUT2D eigenvalue weighted by atomic mass is 16.5. The maximum absolute atomic E-state index is 11.7. The highest BCUT2D eigenvalue weighted by Gasteiger charge is 2.43. The Bertz CT molecular complexity index is 272. The first-order chi connectivity index (χ1) is 9.12. The largest absolute Gasteiger partial charge is 0.465 e. The van der Waals surface area contributed by atoms with Crippen LogP contribution in [0.15, 0.2) is 0 Å². The van der Waals surface area contributed by atoms with Crippen LogP contribution in [0.3, 0.4) is 0 Å². The van der Waals surface area contributed by atoms with Crippen molar-refractivity contribution >= 4 is 5.97 Å². The highest BCUT2D eigenvalue weighted by Crippen LogP contribution is 2.30. The lowest BCUT2D eigenvalue weighted by atomic mass is 9.99. The molecule has 0 amide bonds. The third kappa shape index (κ3) is 5.47. The van der Waals surface area contributed by atoms with Gasteiger partial charge in [0, 0.05) is 13.0 Å². The number of ether oxygens (including phenoxy) is 3. The summed E-state index contributed by atoms with van der Waals surface area (Å²) in [6, 6.07) is 0. The molecule has 1 aliphatic rings. The summed E-state index contributed by atoms with van der Waals surface area (Å²) in [4.78, 5) is 11.7. The molecule has 1 rings (SSSR count). The molecule has 0 heterocycles. The van der Waals surface area contributed by atoms with Gasteiger partial charge in [0.25, 0.3) is 0 Å². The molecule has 19 heavy (non-hydrogen) atoms. The van der Waals surface area contributed by atoms with Crippen molar-refractivity contribution in [3.05, 3.63) is 0 Å². The number of rotatable bonds is 9. The molecule has 0 aliphatic heterocycles. The van der Waals surface area contributed by atoms with Crippen molar-refractivity contribution in [1.82, 2.24) is 0 Å². The van der Waals surface area contributed by atoms with Crippen molar-refractivity contribution in [2.24, 2.45) is 5.73 Å². The van der Waals surface area contributed by atoms with Crippen molar-refractivity contribution in [3.8, 4) is 0 Å². The fourth-order valence-electron chi connectivity index (χ4n) is 2.25. The summed E-state index contributed by atoms with van der Waals surface area (Å²) >= 11 is 0. The van der Waals surface area contributed by atoms with Gasteiger partial charge in [-0.05, 0) is 26.2 Å². The lowest BCUT2D eigenvalue weighted by Crippen LogP contribution is -2.47. The molecule has 112 valence electrons. The molecule has 1 aliphatic carbocycles. The molecule has 1 saturated carbocycles. The summed E-state index contributed by atoms with van der Waals surface area (Å²) in [5.74, 6) is -0.305. The maximum Gasteiger partial charge on any atom is 0.326 e. The van der Waals surface area contributed by atoms with Gasteiger partial charge in [-0.3, -0.25) is 4.79 Å². The van der Waals surface area contributed by atoms with Crippen molar-refractivity contribution in [3.63, 3.8) is 0 Å². The van der Waals surface area contributed by atoms with E-state index < -0.39 is 5.54 Å². The Morgan fingerprint density at radius 3 is 2.79 bits per heavy atom. The molecule has 5 heteroatoms. The Labute approximate surface area is 115 Å². The van der Waals surface area contributed by atoms with Crippen LogP contribution in [0, 0.1) is 0 Å². The fraction of sp³-hybridized carbons (Fsp3) is 0.929. The number of esters is 1. The third-order valence-electron chi connectivity index (χ3n) is 3.41. The van der Waals surface area contributed by atoms with E-state index in [9.17, 15) is 4.79 Å². The molecular weight excluding hydrogens is 246 g/mol. The van der Waals surface area contributed by atoms with Gasteiger partial charge in [0.1, 0.15) is 5.54 Å². The van der Waals surface area contributed by atoms with E-state index in [1.807, 2.05) is 0 Å². The molecule has 0 spiro atoms. The summed E-state index contributed by atoms with van der Waals surface area (Å²) in [6.45, 7) is 6.25. The van der Waals surface area contributed by atoms with E-state index in [1.54, 1.807) is 6.92 Å². The molecule has 5 nitrogen and oxygen atoms in total. The van der Waals surface area contributed by atoms with Gasteiger partial charge < -0.3 is 19.9 Å². The molecule has 2 N–H and O–H groups in total. The van der Waals surface area contributed by atoms with Gasteiger partial charge in [-0.15, -0.1) is 0 Å². The molecule has 0 aromatic heterocycles. The van der Waals surface area contributed by atoms with E-state index >= 15 is 0 Å². The average Bonchev–Trinajstić information content (AvgIpc) is 2.77. The van der Waals surface area contributed by atoms with Crippen molar-refractivity contribution in [2.75, 3.05) is 26.4 Å². The summed E-state index contributed by atoms with van der Waals surface area (Å²) in [5, 5.41) is 0. The summed E-state index contributed by atoms with van der Waals surface area (Å²) in [6.07, 6.45) is 4.25. The zero-order valence-corrected chi connectivity index (χ0v) is 12.2. The smallest absolute Gasteiger partial charge is 0.326 e. The van der Waals surface area contributed by atoms with E-state index in [1.165, 1.54) is 0 Å². The predicted molar refractivity (Wildman–Crippen MR) is 72.9 cm³/mol. The topological polar surface area (TPSA) is 70.8 Å². The molecule has 0 aromatic rings. The molecule has 2 unspecified atom stereocenters. The van der Waals surface area contributed by atoms with Crippen LogP contribution in [0.25, 0.3) is 0 Å². The van der Waals surface area contributed by atoms with Crippen LogP contribution in [-0.2, 0) is 19.0 Å². The van der Waals surface area contributed by atoms with Crippen LogP contribution in [0.4, 0.5) is 0 Å². The highest BCUT2D eigenvalue weighted by molar-refractivity contribution is 5.81. The molecule has 0 aromatic carbocycles. The van der Waals surface area contributed by atoms with Crippen LogP contribution in [0.5, 0.6) is 0 Å². The Morgan fingerprint density at radius 2 is 2.11 bits per heavy atom. The second kappa shape index (κ2) is 8.51. The first kappa shape index (κ1) is 16.4. The number of nitrogens with two attached hydrogens (primary N) is 1. The van der Waals surface area contributed by atoms with E-state index in [-0.39, 0.29) is 12.1 Å². The van der Waals surface area contributed by atoms with Gasteiger partial charge in [0.2, 0.25) is 0 Å². The second-order valence-corrected chi connectivity index (χ2v) is 5.08. The van der Waals surface area contributed by atoms with Gasteiger partial charge in [-0.2, -0.15) is 0 Å². The van der Waals surface area contributed by atoms with E-state index in [4.69, 9.17) is 19.9 Å². The average molecular weight is 273 g/mol. The van der Waals surface area contributed by atoms with E-state index in [2.05, 4.69) is 6.92 Å². The lowest BCUT2D eigenvalue weighted by molar-refractivity contribution is -0.149. The van der Waals surface area contributed by atoms with E-state index in [0.717, 1.165) is 25.9 Å². The molecular formula is C14H27NO4. The number of unbranched alkanes of at least 4 members (excludes halogenated alkanes) is 1. The first-order valence-corrected chi connectivity index (χ1v) is 7.28. The van der Waals surface area contributed by atoms with E-state index in [0.29, 0.717) is 32.7 Å². The third-order valence-corrected chi connectivity index (χ3v) is 3.41. The standard InChI is InChI=1S/C14H27NO4/c1-3-5-8-17-9-10-19-12-6-7-14(15,11-12)13(16)18-4-2/h12H,3-11,15H2,1-2H3. The monoisotopic (exact) mass is 273 g/mol. The predicted octanol–water partition coefficient (Wildman–Crippen LogP) is 1.63. The Kier molecular flexibility index (Phi) is 7.34. The number of hydrogen-bond acceptors (Lipinski definition) is 5. The second-order valence-electron chi connectivity index (χ2n) is 5.08. The molecule has 0 radical (unpaired) electrons. The van der Waals surface area contributed by atoms with Gasteiger partial charge in [0.15, 0.2) is 0 Å². The normalized spacial score (nSPS) is 26.6. The minimum Gasteiger partial charge on any atom is -0.465 e. The van der Waals surface area contributed by atoms with Crippen LogP contribution >= 0.6 is 0 Å². The van der Waals surface area contributed by atoms with Gasteiger partial charge in [0.05, 0.1) is 25.9 Å². The molecule has 2 atom stereocenters. The number of hydrogen-bond donors (Lipinski definition) is 1. The number of carbonyl (C=O) groups excluding carboxylic acids is 1. The molecule has 1 fully saturated rings. The summed E-state index contributed by atoms with van der Waals surface area (Å²) < 4.78 is 16.1. The molecule has 0 saturated heterocycles. The fourth-order valence-corrected chi connectivity index (χ4v) is 2.25. The van der Waals surface area contributed by atoms with Crippen molar-refractivity contribution in [2.45, 2.75) is 57.6 Å². The maximum atomic E-state index is 11.7. The summed E-state index contributed by atoms with van der Waals surface area (Å²) in [7, 11) is 0. The number of carbonyl (C=O) groups is 1. The van der Waals surface area contributed by atoms with Crippen molar-refractivity contribution in [1.29, 1.82) is 0 Å². The lowest BCUT2D eigenvalue weighted by Gasteiger charge is -2.21. The minimum absolute atomic E-state index is 0.0455. The van der Waals surface area contributed by atoms with Gasteiger partial charge in [-0.1, -0.05) is 13.3 Å². The van der Waals surface area contributed by atoms with Crippen LogP contribution in [0.1, 0.15) is 46.0 Å². The van der Waals surface area contributed by atoms with Gasteiger partial charge >= 0.3 is 5.97 Å². The first-order valence-electron chi connectivity index (χ1n) is 7.28. The zero-order valence-electron chi connectivity index (χ0n) is 12.2. The van der Waals surface area contributed by atoms with Crippen LogP contribution in [0.2, 0.25) is 0 Å². The Balaban J connectivity index is 2.16. The van der Waals surface area contributed by atoms with Crippen LogP contribution in [-0.4, -0.2) is 44.0 Å². The van der Waals surface area contributed by atoms with Crippen molar-refractivity contribution < 1.29 is 19.0 Å².